The number of carbonyl (C=O) groups is 1. The third kappa shape index (κ3) is 5.12. The third-order valence-electron chi connectivity index (χ3n) is 7.33. The standard InChI is InChI=1S/C26H33N5O3S/c1-2-35(33,34)31-7-5-19(6-8-31)24-16-30-25-22(24)10-20(11-23(25)26(27)32)21-9-18(14-29-15-21)13-28-12-17-3-4-17/h9-11,14-17,19,28,30H,2-8,12-13H2,1H3,(H2,27,32). The van der Waals surface area contributed by atoms with Crippen LogP contribution in [0.4, 0.5) is 0 Å². The van der Waals surface area contributed by atoms with Gasteiger partial charge in [0.05, 0.1) is 16.8 Å². The van der Waals surface area contributed by atoms with Gasteiger partial charge in [0.1, 0.15) is 0 Å². The van der Waals surface area contributed by atoms with Gasteiger partial charge in [-0.1, -0.05) is 0 Å². The maximum atomic E-state index is 12.4. The zero-order chi connectivity index (χ0) is 24.6. The van der Waals surface area contributed by atoms with Gasteiger partial charge in [0.15, 0.2) is 0 Å². The minimum Gasteiger partial charge on any atom is -0.366 e. The second-order valence-corrected chi connectivity index (χ2v) is 12.0. The molecule has 0 spiro atoms. The summed E-state index contributed by atoms with van der Waals surface area (Å²) in [5.41, 5.74) is 11.0. The lowest BCUT2D eigenvalue weighted by Gasteiger charge is -2.31. The van der Waals surface area contributed by atoms with Gasteiger partial charge in [-0.3, -0.25) is 9.78 Å². The highest BCUT2D eigenvalue weighted by atomic mass is 32.2. The molecular formula is C26H33N5O3S. The van der Waals surface area contributed by atoms with Crippen molar-refractivity contribution in [2.24, 2.45) is 11.7 Å². The summed E-state index contributed by atoms with van der Waals surface area (Å²) in [6, 6.07) is 6.04. The number of pyridine rings is 1. The number of benzene rings is 1. The molecule has 2 aromatic heterocycles. The first-order valence-corrected chi connectivity index (χ1v) is 14.0. The lowest BCUT2D eigenvalue weighted by atomic mass is 9.88. The van der Waals surface area contributed by atoms with Crippen LogP contribution in [-0.2, 0) is 16.6 Å². The van der Waals surface area contributed by atoms with Crippen molar-refractivity contribution in [1.29, 1.82) is 0 Å². The van der Waals surface area contributed by atoms with Crippen LogP contribution in [0.3, 0.4) is 0 Å². The molecule has 1 saturated heterocycles. The summed E-state index contributed by atoms with van der Waals surface area (Å²) in [4.78, 5) is 20.1. The average Bonchev–Trinajstić information content (AvgIpc) is 3.59. The van der Waals surface area contributed by atoms with Crippen LogP contribution in [0.5, 0.6) is 0 Å². The number of amides is 1. The van der Waals surface area contributed by atoms with Crippen LogP contribution < -0.4 is 11.1 Å². The van der Waals surface area contributed by atoms with E-state index in [0.29, 0.717) is 18.7 Å². The summed E-state index contributed by atoms with van der Waals surface area (Å²) in [6.45, 7) is 4.50. The van der Waals surface area contributed by atoms with Gasteiger partial charge in [-0.15, -0.1) is 0 Å². The van der Waals surface area contributed by atoms with Gasteiger partial charge in [0.25, 0.3) is 5.91 Å². The Labute approximate surface area is 206 Å². The zero-order valence-electron chi connectivity index (χ0n) is 20.1. The molecule has 35 heavy (non-hydrogen) atoms. The Morgan fingerprint density at radius 3 is 2.60 bits per heavy atom. The van der Waals surface area contributed by atoms with E-state index in [4.69, 9.17) is 5.73 Å². The first-order chi connectivity index (χ1) is 16.9. The monoisotopic (exact) mass is 495 g/mol. The number of nitrogens with two attached hydrogens (primary N) is 1. The number of nitrogens with one attached hydrogen (secondary N) is 2. The maximum Gasteiger partial charge on any atom is 0.250 e. The summed E-state index contributed by atoms with van der Waals surface area (Å²) >= 11 is 0. The van der Waals surface area contributed by atoms with Crippen LogP contribution in [-0.4, -0.2) is 54.0 Å². The van der Waals surface area contributed by atoms with Crippen LogP contribution in [0.25, 0.3) is 22.0 Å². The molecule has 2 fully saturated rings. The quantitative estimate of drug-likeness (QED) is 0.420. The summed E-state index contributed by atoms with van der Waals surface area (Å²) < 4.78 is 26.1. The van der Waals surface area contributed by atoms with E-state index < -0.39 is 15.9 Å². The molecule has 186 valence electrons. The van der Waals surface area contributed by atoms with Crippen LogP contribution in [0.2, 0.25) is 0 Å². The Morgan fingerprint density at radius 1 is 1.14 bits per heavy atom. The highest BCUT2D eigenvalue weighted by molar-refractivity contribution is 7.89. The fourth-order valence-corrected chi connectivity index (χ4v) is 6.20. The molecule has 3 heterocycles. The van der Waals surface area contributed by atoms with E-state index in [-0.39, 0.29) is 11.7 Å². The van der Waals surface area contributed by atoms with E-state index in [2.05, 4.69) is 27.4 Å². The number of fused-ring (bicyclic) bond motifs is 1. The third-order valence-corrected chi connectivity index (χ3v) is 9.21. The van der Waals surface area contributed by atoms with Crippen molar-refractivity contribution in [2.45, 2.75) is 45.1 Å². The number of aromatic nitrogens is 2. The summed E-state index contributed by atoms with van der Waals surface area (Å²) in [6.07, 6.45) is 9.75. The molecular weight excluding hydrogens is 462 g/mol. The van der Waals surface area contributed by atoms with Crippen LogP contribution in [0.15, 0.2) is 36.8 Å². The minimum atomic E-state index is -3.18. The fraction of sp³-hybridized carbons (Fsp3) is 0.462. The van der Waals surface area contributed by atoms with Gasteiger partial charge in [-0.05, 0) is 85.9 Å². The largest absolute Gasteiger partial charge is 0.366 e. The highest BCUT2D eigenvalue weighted by Crippen LogP contribution is 2.37. The predicted octanol–water partition coefficient (Wildman–Crippen LogP) is 3.36. The zero-order valence-corrected chi connectivity index (χ0v) is 20.9. The Balaban J connectivity index is 1.44. The number of H-pyrrole nitrogens is 1. The molecule has 1 saturated carbocycles. The molecule has 1 aliphatic heterocycles. The van der Waals surface area contributed by atoms with Crippen LogP contribution >= 0.6 is 0 Å². The van der Waals surface area contributed by atoms with E-state index in [0.717, 1.165) is 65.0 Å². The van der Waals surface area contributed by atoms with Gasteiger partial charge in [0.2, 0.25) is 10.0 Å². The summed E-state index contributed by atoms with van der Waals surface area (Å²) in [5.74, 6) is 0.662. The number of sulfonamides is 1. The molecule has 0 atom stereocenters. The molecule has 0 unspecified atom stereocenters. The number of nitrogens with zero attached hydrogens (tertiary/aromatic N) is 2. The number of carbonyl (C=O) groups excluding carboxylic acids is 1. The fourth-order valence-electron chi connectivity index (χ4n) is 5.06. The van der Waals surface area contributed by atoms with Crippen molar-refractivity contribution in [2.75, 3.05) is 25.4 Å². The van der Waals surface area contributed by atoms with Crippen LogP contribution in [0, 0.1) is 5.92 Å². The lowest BCUT2D eigenvalue weighted by Crippen LogP contribution is -2.38. The van der Waals surface area contributed by atoms with E-state index in [1.165, 1.54) is 12.8 Å². The lowest BCUT2D eigenvalue weighted by molar-refractivity contribution is 0.100. The Morgan fingerprint density at radius 2 is 1.91 bits per heavy atom. The number of primary amides is 1. The van der Waals surface area contributed by atoms with Crippen molar-refractivity contribution in [3.05, 3.63) is 53.5 Å². The van der Waals surface area contributed by atoms with Crippen molar-refractivity contribution in [1.82, 2.24) is 19.6 Å². The molecule has 1 amide bonds. The number of aromatic amines is 1. The number of piperidine rings is 1. The molecule has 4 N–H and O–H groups in total. The first kappa shape index (κ1) is 24.0. The molecule has 0 radical (unpaired) electrons. The Hall–Kier alpha value is -2.75. The van der Waals surface area contributed by atoms with Crippen LogP contribution in [0.1, 0.15) is 60.0 Å². The Bertz CT molecular complexity index is 1340. The maximum absolute atomic E-state index is 12.4. The van der Waals surface area contributed by atoms with Gasteiger partial charge in [-0.2, -0.15) is 0 Å². The molecule has 1 aliphatic carbocycles. The van der Waals surface area contributed by atoms with Gasteiger partial charge >= 0.3 is 0 Å². The molecule has 5 rings (SSSR count). The first-order valence-electron chi connectivity index (χ1n) is 12.4. The minimum absolute atomic E-state index is 0.124. The highest BCUT2D eigenvalue weighted by Gasteiger charge is 2.29. The topological polar surface area (TPSA) is 121 Å². The van der Waals surface area contributed by atoms with Crippen molar-refractivity contribution < 1.29 is 13.2 Å². The van der Waals surface area contributed by atoms with Crippen molar-refractivity contribution >= 4 is 26.8 Å². The van der Waals surface area contributed by atoms with E-state index in [1.807, 2.05) is 24.7 Å². The van der Waals surface area contributed by atoms with Gasteiger partial charge in [-0.25, -0.2) is 12.7 Å². The number of hydrogen-bond acceptors (Lipinski definition) is 5. The van der Waals surface area contributed by atoms with E-state index >= 15 is 0 Å². The summed E-state index contributed by atoms with van der Waals surface area (Å²) in [7, 11) is -3.18. The molecule has 8 nitrogen and oxygen atoms in total. The predicted molar refractivity (Wildman–Crippen MR) is 137 cm³/mol. The van der Waals surface area contributed by atoms with Gasteiger partial charge < -0.3 is 16.0 Å². The Kier molecular flexibility index (Phi) is 6.65. The van der Waals surface area contributed by atoms with Gasteiger partial charge in [0, 0.05) is 49.2 Å². The molecule has 9 heteroatoms. The molecule has 3 aromatic rings. The molecule has 2 aliphatic rings. The van der Waals surface area contributed by atoms with E-state index in [1.54, 1.807) is 11.2 Å². The van der Waals surface area contributed by atoms with E-state index in [9.17, 15) is 13.2 Å². The normalized spacial score (nSPS) is 17.7. The molecule has 1 aromatic carbocycles. The number of hydrogen-bond donors (Lipinski definition) is 3. The summed E-state index contributed by atoms with van der Waals surface area (Å²) in [5, 5.41) is 4.47. The SMILES string of the molecule is CCS(=O)(=O)N1CCC(c2c[nH]c3c(C(N)=O)cc(-c4cncc(CNCC5CC5)c4)cc23)CC1. The smallest absolute Gasteiger partial charge is 0.250 e. The average molecular weight is 496 g/mol. The molecule has 0 bridgehead atoms. The van der Waals surface area contributed by atoms with Crippen molar-refractivity contribution in [3.63, 3.8) is 0 Å². The number of rotatable bonds is 9. The second kappa shape index (κ2) is 9.72. The van der Waals surface area contributed by atoms with Crippen molar-refractivity contribution in [3.8, 4) is 11.1 Å². The second-order valence-electron chi connectivity index (χ2n) is 9.78.